The Balaban J connectivity index is 1.76. The van der Waals surface area contributed by atoms with Crippen LogP contribution in [0.1, 0.15) is 136 Å². The zero-order chi connectivity index (χ0) is 33.7. The molecule has 0 aliphatic carbocycles. The standard InChI is InChI=1S/C35H64ClFN2O6S/c1-4-5-6-7-8-9-10-11-12-13-14-15-16-19-28(40)44-33-31(42)30(41)32(45-35(33)46-3)29(25(2)36)39-34(43)27-21-20-26(18-17-23-37)22-24-38-27/h25-27,29-33,35,38,41-42H,4-24H2,1-3H3,(H,39,43)/t25-,26-,27-,29?,30+,31-,32+,33+,35+/m0/s1. The van der Waals surface area contributed by atoms with Gasteiger partial charge in [-0.1, -0.05) is 84.0 Å². The van der Waals surface area contributed by atoms with Gasteiger partial charge in [0.15, 0.2) is 6.10 Å². The van der Waals surface area contributed by atoms with Gasteiger partial charge in [-0.15, -0.1) is 23.4 Å². The maximum absolute atomic E-state index is 13.3. The first kappa shape index (κ1) is 41.5. The maximum atomic E-state index is 13.3. The van der Waals surface area contributed by atoms with Gasteiger partial charge in [0, 0.05) is 6.42 Å². The fraction of sp³-hybridized carbons (Fsp3) is 0.943. The largest absolute Gasteiger partial charge is 0.456 e. The average molecular weight is 695 g/mol. The Morgan fingerprint density at radius 3 is 2.13 bits per heavy atom. The molecule has 0 radical (unpaired) electrons. The molecular formula is C35H64ClFN2O6S. The molecule has 46 heavy (non-hydrogen) atoms. The van der Waals surface area contributed by atoms with Crippen molar-refractivity contribution < 1.29 is 33.7 Å². The highest BCUT2D eigenvalue weighted by atomic mass is 35.5. The van der Waals surface area contributed by atoms with E-state index in [1.54, 1.807) is 13.2 Å². The second-order valence-electron chi connectivity index (χ2n) is 13.4. The summed E-state index contributed by atoms with van der Waals surface area (Å²) in [4.78, 5) is 26.0. The molecular weight excluding hydrogens is 631 g/mol. The molecule has 0 saturated carbocycles. The Morgan fingerprint density at radius 2 is 1.57 bits per heavy atom. The molecule has 0 aromatic carbocycles. The Hall–Kier alpha value is -0.650. The van der Waals surface area contributed by atoms with Crippen molar-refractivity contribution in [3.63, 3.8) is 0 Å². The van der Waals surface area contributed by atoms with E-state index in [1.807, 2.05) is 0 Å². The van der Waals surface area contributed by atoms with Crippen LogP contribution < -0.4 is 10.6 Å². The number of ether oxygens (including phenoxy) is 2. The number of nitrogens with one attached hydrogen (secondary N) is 2. The lowest BCUT2D eigenvalue weighted by atomic mass is 9.92. The van der Waals surface area contributed by atoms with Gasteiger partial charge in [0.05, 0.1) is 24.1 Å². The Morgan fingerprint density at radius 1 is 0.957 bits per heavy atom. The van der Waals surface area contributed by atoms with E-state index in [0.717, 1.165) is 38.5 Å². The van der Waals surface area contributed by atoms with Gasteiger partial charge in [-0.2, -0.15) is 0 Å². The fourth-order valence-electron chi connectivity index (χ4n) is 6.68. The van der Waals surface area contributed by atoms with Crippen molar-refractivity contribution in [3.8, 4) is 0 Å². The van der Waals surface area contributed by atoms with Gasteiger partial charge in [0.1, 0.15) is 23.7 Å². The summed E-state index contributed by atoms with van der Waals surface area (Å²) in [5.41, 5.74) is -0.735. The highest BCUT2D eigenvalue weighted by Gasteiger charge is 2.50. The molecule has 0 spiro atoms. The molecule has 0 aromatic heterocycles. The lowest BCUT2D eigenvalue weighted by Crippen LogP contribution is -2.65. The van der Waals surface area contributed by atoms with E-state index in [0.29, 0.717) is 25.3 Å². The predicted molar refractivity (Wildman–Crippen MR) is 186 cm³/mol. The van der Waals surface area contributed by atoms with E-state index in [1.165, 1.54) is 76.0 Å². The molecule has 4 N–H and O–H groups in total. The summed E-state index contributed by atoms with van der Waals surface area (Å²) in [6.45, 7) is 4.29. The second-order valence-corrected chi connectivity index (χ2v) is 15.0. The number of unbranched alkanes of at least 4 members (excludes halogenated alkanes) is 12. The highest BCUT2D eigenvalue weighted by molar-refractivity contribution is 7.99. The molecule has 0 bridgehead atoms. The van der Waals surface area contributed by atoms with Gasteiger partial charge in [-0.25, -0.2) is 0 Å². The highest BCUT2D eigenvalue weighted by Crippen LogP contribution is 2.33. The third kappa shape index (κ3) is 15.3. The van der Waals surface area contributed by atoms with E-state index in [2.05, 4.69) is 17.6 Å². The molecule has 2 aliphatic rings. The normalized spacial score (nSPS) is 28.3. The summed E-state index contributed by atoms with van der Waals surface area (Å²) in [5.74, 6) is -0.282. The minimum atomic E-state index is -1.42. The molecule has 8 nitrogen and oxygen atoms in total. The second kappa shape index (κ2) is 24.5. The van der Waals surface area contributed by atoms with E-state index < -0.39 is 53.3 Å². The van der Waals surface area contributed by atoms with Crippen LogP contribution >= 0.6 is 23.4 Å². The van der Waals surface area contributed by atoms with Crippen molar-refractivity contribution in [2.24, 2.45) is 5.92 Å². The molecule has 11 heteroatoms. The van der Waals surface area contributed by atoms with Crippen LogP contribution in [0.3, 0.4) is 0 Å². The molecule has 2 aliphatic heterocycles. The van der Waals surface area contributed by atoms with Gasteiger partial charge < -0.3 is 30.3 Å². The lowest BCUT2D eigenvalue weighted by Gasteiger charge is -2.45. The van der Waals surface area contributed by atoms with Crippen LogP contribution in [0, 0.1) is 5.92 Å². The van der Waals surface area contributed by atoms with Crippen LogP contribution in [0.2, 0.25) is 0 Å². The van der Waals surface area contributed by atoms with Crippen molar-refractivity contribution in [1.29, 1.82) is 0 Å². The molecule has 1 amide bonds. The summed E-state index contributed by atoms with van der Waals surface area (Å²) in [5, 5.41) is 27.8. The number of thioether (sulfide) groups is 1. The number of aliphatic hydroxyl groups is 2. The van der Waals surface area contributed by atoms with Gasteiger partial charge in [0.2, 0.25) is 5.91 Å². The van der Waals surface area contributed by atoms with E-state index in [9.17, 15) is 24.2 Å². The van der Waals surface area contributed by atoms with Gasteiger partial charge >= 0.3 is 5.97 Å². The van der Waals surface area contributed by atoms with Crippen LogP contribution in [0.4, 0.5) is 4.39 Å². The van der Waals surface area contributed by atoms with Crippen molar-refractivity contribution in [1.82, 2.24) is 10.6 Å². The number of hydrogen-bond donors (Lipinski definition) is 4. The van der Waals surface area contributed by atoms with E-state index in [4.69, 9.17) is 21.1 Å². The number of rotatable bonds is 23. The third-order valence-corrected chi connectivity index (χ3v) is 10.7. The molecule has 1 unspecified atom stereocenters. The van der Waals surface area contributed by atoms with Crippen LogP contribution in [0.15, 0.2) is 0 Å². The molecule has 9 atom stereocenters. The molecule has 0 aromatic rings. The number of aliphatic hydroxyl groups excluding tert-OH is 2. The smallest absolute Gasteiger partial charge is 0.306 e. The third-order valence-electron chi connectivity index (χ3n) is 9.59. The summed E-state index contributed by atoms with van der Waals surface area (Å²) in [6, 6.07) is -1.22. The number of esters is 1. The molecule has 270 valence electrons. The van der Waals surface area contributed by atoms with Crippen molar-refractivity contribution >= 4 is 35.2 Å². The first-order valence-corrected chi connectivity index (χ1v) is 19.9. The topological polar surface area (TPSA) is 117 Å². The SMILES string of the molecule is CCCCCCCCCCCCCCCC(=O)O[C@@H]1[C@@H](O)[C@@H](O)[C@@H](C(NC(=O)[C@@H]2CC[C@H](CCCF)CCN2)[C@H](C)Cl)O[C@@H]1SC. The van der Waals surface area contributed by atoms with Crippen LogP contribution in [-0.2, 0) is 19.1 Å². The van der Waals surface area contributed by atoms with E-state index >= 15 is 0 Å². The predicted octanol–water partition coefficient (Wildman–Crippen LogP) is 6.81. The van der Waals surface area contributed by atoms with E-state index in [-0.39, 0.29) is 19.0 Å². The Kier molecular flexibility index (Phi) is 22.1. The first-order valence-electron chi connectivity index (χ1n) is 18.2. The number of carbonyl (C=O) groups excluding carboxylic acids is 2. The summed E-state index contributed by atoms with van der Waals surface area (Å²) >= 11 is 7.78. The lowest BCUT2D eigenvalue weighted by molar-refractivity contribution is -0.218. The van der Waals surface area contributed by atoms with Crippen molar-refractivity contribution in [2.45, 2.75) is 183 Å². The zero-order valence-electron chi connectivity index (χ0n) is 28.7. The zero-order valence-corrected chi connectivity index (χ0v) is 30.3. The Bertz CT molecular complexity index is 828. The number of hydrogen-bond acceptors (Lipinski definition) is 8. The van der Waals surface area contributed by atoms with Gasteiger partial charge in [-0.3, -0.25) is 14.0 Å². The number of alkyl halides is 2. The van der Waals surface area contributed by atoms with Gasteiger partial charge in [0.25, 0.3) is 0 Å². The fourth-order valence-corrected chi connectivity index (χ4v) is 7.61. The maximum Gasteiger partial charge on any atom is 0.306 e. The molecule has 2 heterocycles. The quantitative estimate of drug-likeness (QED) is 0.0524. The minimum absolute atomic E-state index is 0.249. The van der Waals surface area contributed by atoms with Gasteiger partial charge in [-0.05, 0) is 64.2 Å². The summed E-state index contributed by atoms with van der Waals surface area (Å²) < 4.78 is 24.5. The summed E-state index contributed by atoms with van der Waals surface area (Å²) in [6.07, 6.45) is 16.7. The monoisotopic (exact) mass is 694 g/mol. The average Bonchev–Trinajstić information content (AvgIpc) is 3.29. The summed E-state index contributed by atoms with van der Waals surface area (Å²) in [7, 11) is 0. The van der Waals surface area contributed by atoms with Crippen LogP contribution in [0.5, 0.6) is 0 Å². The molecule has 2 fully saturated rings. The van der Waals surface area contributed by atoms with Crippen molar-refractivity contribution in [2.75, 3.05) is 19.5 Å². The Labute approximate surface area is 287 Å². The minimum Gasteiger partial charge on any atom is -0.456 e. The first-order chi connectivity index (χ1) is 22.2. The van der Waals surface area contributed by atoms with Crippen LogP contribution in [-0.4, -0.2) is 88.9 Å². The molecule has 2 rings (SSSR count). The molecule has 2 saturated heterocycles. The number of carbonyl (C=O) groups is 2. The van der Waals surface area contributed by atoms with Crippen LogP contribution in [0.25, 0.3) is 0 Å². The number of amides is 1. The van der Waals surface area contributed by atoms with Crippen molar-refractivity contribution in [3.05, 3.63) is 0 Å². The number of halogens is 2.